The van der Waals surface area contributed by atoms with Gasteiger partial charge in [0, 0.05) is 21.0 Å². The van der Waals surface area contributed by atoms with Crippen LogP contribution >= 0.6 is 35.0 Å². The van der Waals surface area contributed by atoms with E-state index < -0.39 is 0 Å². The van der Waals surface area contributed by atoms with Crippen molar-refractivity contribution in [2.45, 2.75) is 29.8 Å². The first kappa shape index (κ1) is 14.4. The summed E-state index contributed by atoms with van der Waals surface area (Å²) in [6, 6.07) is 5.47. The molecule has 0 aliphatic rings. The van der Waals surface area contributed by atoms with Crippen LogP contribution in [0.25, 0.3) is 0 Å². The van der Waals surface area contributed by atoms with Crippen molar-refractivity contribution >= 4 is 41.2 Å². The molecule has 0 fully saturated rings. The van der Waals surface area contributed by atoms with E-state index >= 15 is 0 Å². The van der Waals surface area contributed by atoms with Crippen LogP contribution in [-0.2, 0) is 0 Å². The van der Waals surface area contributed by atoms with Crippen molar-refractivity contribution in [2.75, 3.05) is 0 Å². The number of carbonyl (C=O) groups is 1. The van der Waals surface area contributed by atoms with E-state index in [1.807, 2.05) is 30.7 Å². The Hall–Kier alpha value is -0.970. The molecule has 3 nitrogen and oxygen atoms in total. The smallest absolute Gasteiger partial charge is 0.154 e. The lowest BCUT2D eigenvalue weighted by atomic mass is 10.4. The van der Waals surface area contributed by atoms with Gasteiger partial charge >= 0.3 is 0 Å². The van der Waals surface area contributed by atoms with Gasteiger partial charge in [-0.2, -0.15) is 5.10 Å². The largest absolute Gasteiger partial charge is 0.298 e. The minimum atomic E-state index is 0.172. The van der Waals surface area contributed by atoms with Crippen LogP contribution in [0.15, 0.2) is 34.3 Å². The molecule has 19 heavy (non-hydrogen) atoms. The third-order valence-electron chi connectivity index (χ3n) is 2.44. The van der Waals surface area contributed by atoms with Gasteiger partial charge in [-0.15, -0.1) is 0 Å². The zero-order valence-electron chi connectivity index (χ0n) is 10.4. The molecule has 0 atom stereocenters. The summed E-state index contributed by atoms with van der Waals surface area (Å²) in [5.74, 6) is 0. The van der Waals surface area contributed by atoms with E-state index in [0.717, 1.165) is 16.2 Å². The normalized spacial score (nSPS) is 11.0. The fourth-order valence-electron chi connectivity index (χ4n) is 1.62. The fourth-order valence-corrected chi connectivity index (χ4v) is 3.44. The van der Waals surface area contributed by atoms with Crippen LogP contribution in [0.2, 0.25) is 10.0 Å². The number of aromatic nitrogens is 2. The van der Waals surface area contributed by atoms with Crippen molar-refractivity contribution in [3.63, 3.8) is 0 Å². The molecule has 0 spiro atoms. The number of carbonyl (C=O) groups excluding carboxylic acids is 1. The quantitative estimate of drug-likeness (QED) is 0.765. The predicted octanol–water partition coefficient (Wildman–Crippen LogP) is 4.73. The number of nitrogens with zero attached hydrogens (tertiary/aromatic N) is 2. The Morgan fingerprint density at radius 3 is 2.42 bits per heavy atom. The molecule has 0 saturated heterocycles. The summed E-state index contributed by atoms with van der Waals surface area (Å²) in [6.07, 6.45) is 2.38. The van der Waals surface area contributed by atoms with Gasteiger partial charge in [-0.05, 0) is 32.0 Å². The maximum absolute atomic E-state index is 11.1. The molecular formula is C13H12Cl2N2OS. The molecule has 0 saturated carbocycles. The van der Waals surface area contributed by atoms with E-state index in [9.17, 15) is 4.79 Å². The van der Waals surface area contributed by atoms with Gasteiger partial charge in [-0.1, -0.05) is 35.0 Å². The van der Waals surface area contributed by atoms with Crippen molar-refractivity contribution in [1.82, 2.24) is 9.78 Å². The molecule has 0 bridgehead atoms. The molecule has 0 amide bonds. The Kier molecular flexibility index (Phi) is 4.55. The van der Waals surface area contributed by atoms with Crippen LogP contribution in [0.3, 0.4) is 0 Å². The minimum Gasteiger partial charge on any atom is -0.298 e. The van der Waals surface area contributed by atoms with Gasteiger partial charge < -0.3 is 0 Å². The summed E-state index contributed by atoms with van der Waals surface area (Å²) in [7, 11) is 0. The Labute approximate surface area is 125 Å². The number of rotatable bonds is 4. The lowest BCUT2D eigenvalue weighted by molar-refractivity contribution is 0.112. The number of benzene rings is 1. The third kappa shape index (κ3) is 3.32. The molecule has 0 aliphatic heterocycles. The SMILES string of the molecule is CC(C)n1ncc(C=O)c1Sc1cc(Cl)cc(Cl)c1. The van der Waals surface area contributed by atoms with Crippen molar-refractivity contribution < 1.29 is 4.79 Å². The van der Waals surface area contributed by atoms with Crippen molar-refractivity contribution in [3.8, 4) is 0 Å². The molecule has 100 valence electrons. The topological polar surface area (TPSA) is 34.9 Å². The molecule has 1 aromatic heterocycles. The first-order valence-corrected chi connectivity index (χ1v) is 7.25. The maximum Gasteiger partial charge on any atom is 0.154 e. The van der Waals surface area contributed by atoms with Crippen molar-refractivity contribution in [1.29, 1.82) is 0 Å². The molecule has 1 aromatic carbocycles. The Morgan fingerprint density at radius 2 is 1.89 bits per heavy atom. The average molecular weight is 315 g/mol. The lowest BCUT2D eigenvalue weighted by Crippen LogP contribution is -2.04. The van der Waals surface area contributed by atoms with Crippen molar-refractivity contribution in [2.24, 2.45) is 0 Å². The summed E-state index contributed by atoms with van der Waals surface area (Å²) in [5, 5.41) is 6.16. The van der Waals surface area contributed by atoms with Gasteiger partial charge in [-0.3, -0.25) is 9.48 Å². The highest BCUT2D eigenvalue weighted by atomic mass is 35.5. The molecule has 0 aliphatic carbocycles. The highest BCUT2D eigenvalue weighted by Crippen LogP contribution is 2.34. The number of aldehydes is 1. The second-order valence-electron chi connectivity index (χ2n) is 4.27. The molecule has 0 N–H and O–H groups in total. The number of hydrogen-bond acceptors (Lipinski definition) is 3. The van der Waals surface area contributed by atoms with Crippen molar-refractivity contribution in [3.05, 3.63) is 40.0 Å². The first-order chi connectivity index (χ1) is 9.01. The molecule has 0 radical (unpaired) electrons. The van der Waals surface area contributed by atoms with E-state index in [2.05, 4.69) is 5.10 Å². The van der Waals surface area contributed by atoms with Gasteiger partial charge in [-0.25, -0.2) is 0 Å². The number of halogens is 2. The molecular weight excluding hydrogens is 303 g/mol. The molecule has 2 aromatic rings. The first-order valence-electron chi connectivity index (χ1n) is 5.68. The molecule has 0 unspecified atom stereocenters. The Morgan fingerprint density at radius 1 is 1.26 bits per heavy atom. The zero-order valence-corrected chi connectivity index (χ0v) is 12.8. The lowest BCUT2D eigenvalue weighted by Gasteiger charge is -2.11. The molecule has 1 heterocycles. The van der Waals surface area contributed by atoms with Crippen LogP contribution in [0.5, 0.6) is 0 Å². The van der Waals surface area contributed by atoms with Gasteiger partial charge in [0.2, 0.25) is 0 Å². The Balaban J connectivity index is 2.41. The van der Waals surface area contributed by atoms with E-state index in [1.165, 1.54) is 11.8 Å². The van der Waals surface area contributed by atoms with Gasteiger partial charge in [0.15, 0.2) is 6.29 Å². The Bertz CT molecular complexity index is 590. The highest BCUT2D eigenvalue weighted by Gasteiger charge is 2.14. The van der Waals surface area contributed by atoms with E-state index in [4.69, 9.17) is 23.2 Å². The van der Waals surface area contributed by atoms with Crippen LogP contribution in [0.4, 0.5) is 0 Å². The summed E-state index contributed by atoms with van der Waals surface area (Å²) >= 11 is 13.4. The van der Waals surface area contributed by atoms with Crippen LogP contribution < -0.4 is 0 Å². The second-order valence-corrected chi connectivity index (χ2v) is 6.20. The number of hydrogen-bond donors (Lipinski definition) is 0. The van der Waals surface area contributed by atoms with Gasteiger partial charge in [0.1, 0.15) is 5.03 Å². The average Bonchev–Trinajstić information content (AvgIpc) is 2.70. The van der Waals surface area contributed by atoms with Crippen LogP contribution in [-0.4, -0.2) is 16.1 Å². The van der Waals surface area contributed by atoms with E-state index in [1.54, 1.807) is 12.3 Å². The molecule has 2 rings (SSSR count). The fraction of sp³-hybridized carbons (Fsp3) is 0.231. The summed E-state index contributed by atoms with van der Waals surface area (Å²) in [4.78, 5) is 11.9. The van der Waals surface area contributed by atoms with Crippen LogP contribution in [0.1, 0.15) is 30.2 Å². The summed E-state index contributed by atoms with van der Waals surface area (Å²) in [6.45, 7) is 4.02. The molecule has 6 heteroatoms. The minimum absolute atomic E-state index is 0.172. The summed E-state index contributed by atoms with van der Waals surface area (Å²) < 4.78 is 1.81. The van der Waals surface area contributed by atoms with E-state index in [0.29, 0.717) is 15.6 Å². The van der Waals surface area contributed by atoms with Crippen LogP contribution in [0, 0.1) is 0 Å². The third-order valence-corrected chi connectivity index (χ3v) is 3.97. The summed E-state index contributed by atoms with van der Waals surface area (Å²) in [5.41, 5.74) is 0.565. The second kappa shape index (κ2) is 5.99. The zero-order chi connectivity index (χ0) is 14.0. The predicted molar refractivity (Wildman–Crippen MR) is 78.6 cm³/mol. The highest BCUT2D eigenvalue weighted by molar-refractivity contribution is 7.99. The maximum atomic E-state index is 11.1. The van der Waals surface area contributed by atoms with Gasteiger partial charge in [0.05, 0.1) is 11.8 Å². The van der Waals surface area contributed by atoms with Gasteiger partial charge in [0.25, 0.3) is 0 Å². The van der Waals surface area contributed by atoms with E-state index in [-0.39, 0.29) is 6.04 Å². The monoisotopic (exact) mass is 314 g/mol. The standard InChI is InChI=1S/C13H12Cl2N2OS/c1-8(2)17-13(9(7-18)6-16-17)19-12-4-10(14)3-11(15)5-12/h3-8H,1-2H3.